The van der Waals surface area contributed by atoms with Crippen LogP contribution in [0.4, 0.5) is 0 Å². The monoisotopic (exact) mass is 364 g/mol. The Hall–Kier alpha value is -2.04. The molecule has 1 unspecified atom stereocenters. The number of amides is 1. The SMILES string of the molecule is CC(=NNC(=O)C(C)Oc1ccc(Cl)cc1Cl)c1cccc(C)c1. The third kappa shape index (κ3) is 4.98. The molecule has 2 rings (SSSR count). The van der Waals surface area contributed by atoms with Gasteiger partial charge in [-0.05, 0) is 44.5 Å². The molecule has 0 saturated heterocycles. The zero-order chi connectivity index (χ0) is 17.7. The van der Waals surface area contributed by atoms with E-state index in [0.29, 0.717) is 21.5 Å². The first-order valence-electron chi connectivity index (χ1n) is 7.39. The zero-order valence-corrected chi connectivity index (χ0v) is 15.2. The summed E-state index contributed by atoms with van der Waals surface area (Å²) in [5.74, 6) is 0.0242. The second-order valence-corrected chi connectivity index (χ2v) is 6.22. The van der Waals surface area contributed by atoms with Gasteiger partial charge in [-0.1, -0.05) is 53.0 Å². The number of rotatable bonds is 5. The highest BCUT2D eigenvalue weighted by Gasteiger charge is 2.16. The number of halogens is 2. The highest BCUT2D eigenvalue weighted by molar-refractivity contribution is 6.35. The number of nitrogens with one attached hydrogen (secondary N) is 1. The van der Waals surface area contributed by atoms with Crippen molar-refractivity contribution in [3.05, 3.63) is 63.6 Å². The molecule has 1 atom stereocenters. The van der Waals surface area contributed by atoms with Gasteiger partial charge in [0.15, 0.2) is 6.10 Å². The van der Waals surface area contributed by atoms with Gasteiger partial charge in [0.25, 0.3) is 5.91 Å². The molecule has 0 heterocycles. The van der Waals surface area contributed by atoms with E-state index in [-0.39, 0.29) is 5.91 Å². The van der Waals surface area contributed by atoms with Crippen molar-refractivity contribution in [1.29, 1.82) is 0 Å². The van der Waals surface area contributed by atoms with Gasteiger partial charge < -0.3 is 4.74 Å². The number of nitrogens with zero attached hydrogens (tertiary/aromatic N) is 1. The zero-order valence-electron chi connectivity index (χ0n) is 13.6. The summed E-state index contributed by atoms with van der Waals surface area (Å²) in [7, 11) is 0. The molecule has 0 fully saturated rings. The number of benzene rings is 2. The predicted octanol–water partition coefficient (Wildman–Crippen LogP) is 4.61. The van der Waals surface area contributed by atoms with E-state index in [0.717, 1.165) is 11.1 Å². The average molecular weight is 365 g/mol. The smallest absolute Gasteiger partial charge is 0.280 e. The molecule has 0 aliphatic heterocycles. The van der Waals surface area contributed by atoms with Gasteiger partial charge in [-0.25, -0.2) is 5.43 Å². The van der Waals surface area contributed by atoms with Crippen molar-refractivity contribution in [3.63, 3.8) is 0 Å². The minimum Gasteiger partial charge on any atom is -0.479 e. The van der Waals surface area contributed by atoms with Crippen LogP contribution in [0, 0.1) is 6.92 Å². The molecule has 1 amide bonds. The molecular formula is C18H18Cl2N2O2. The number of aryl methyl sites for hydroxylation is 1. The topological polar surface area (TPSA) is 50.7 Å². The quantitative estimate of drug-likeness (QED) is 0.621. The van der Waals surface area contributed by atoms with Crippen molar-refractivity contribution in [2.45, 2.75) is 26.9 Å². The number of hydrazone groups is 1. The van der Waals surface area contributed by atoms with Gasteiger partial charge in [0, 0.05) is 5.02 Å². The molecule has 0 aliphatic carbocycles. The van der Waals surface area contributed by atoms with Crippen LogP contribution >= 0.6 is 23.2 Å². The van der Waals surface area contributed by atoms with Crippen LogP contribution in [0.25, 0.3) is 0 Å². The molecule has 0 radical (unpaired) electrons. The van der Waals surface area contributed by atoms with E-state index in [4.69, 9.17) is 27.9 Å². The van der Waals surface area contributed by atoms with Gasteiger partial charge in [0.1, 0.15) is 5.75 Å². The highest BCUT2D eigenvalue weighted by Crippen LogP contribution is 2.28. The van der Waals surface area contributed by atoms with Crippen molar-refractivity contribution >= 4 is 34.8 Å². The number of ether oxygens (including phenoxy) is 1. The summed E-state index contributed by atoms with van der Waals surface area (Å²) in [6.45, 7) is 5.45. The van der Waals surface area contributed by atoms with Gasteiger partial charge in [0.05, 0.1) is 10.7 Å². The number of carbonyl (C=O) groups is 1. The van der Waals surface area contributed by atoms with E-state index in [1.54, 1.807) is 25.1 Å². The third-order valence-electron chi connectivity index (χ3n) is 3.34. The van der Waals surface area contributed by atoms with Crippen LogP contribution < -0.4 is 10.2 Å². The molecule has 0 bridgehead atoms. The maximum atomic E-state index is 12.1. The summed E-state index contributed by atoms with van der Waals surface area (Å²) in [6.07, 6.45) is -0.752. The lowest BCUT2D eigenvalue weighted by Gasteiger charge is -2.14. The van der Waals surface area contributed by atoms with Gasteiger partial charge >= 0.3 is 0 Å². The van der Waals surface area contributed by atoms with Crippen LogP contribution in [0.2, 0.25) is 10.0 Å². The molecule has 2 aromatic carbocycles. The lowest BCUT2D eigenvalue weighted by atomic mass is 10.1. The maximum absolute atomic E-state index is 12.1. The Kier molecular flexibility index (Phi) is 6.23. The van der Waals surface area contributed by atoms with Crippen molar-refractivity contribution in [1.82, 2.24) is 5.43 Å². The largest absolute Gasteiger partial charge is 0.479 e. The fourth-order valence-electron chi connectivity index (χ4n) is 1.98. The Labute approximate surface area is 151 Å². The minimum absolute atomic E-state index is 0.349. The fourth-order valence-corrected chi connectivity index (χ4v) is 2.43. The Balaban J connectivity index is 1.99. The Morgan fingerprint density at radius 1 is 1.21 bits per heavy atom. The van der Waals surface area contributed by atoms with Gasteiger partial charge in [0.2, 0.25) is 0 Å². The Bertz CT molecular complexity index is 775. The molecule has 126 valence electrons. The summed E-state index contributed by atoms with van der Waals surface area (Å²) in [4.78, 5) is 12.1. The molecular weight excluding hydrogens is 347 g/mol. The van der Waals surface area contributed by atoms with Gasteiger partial charge in [-0.2, -0.15) is 5.10 Å². The van der Waals surface area contributed by atoms with Crippen molar-refractivity contribution in [2.24, 2.45) is 5.10 Å². The van der Waals surface area contributed by atoms with E-state index in [1.165, 1.54) is 0 Å². The lowest BCUT2D eigenvalue weighted by Crippen LogP contribution is -2.34. The summed E-state index contributed by atoms with van der Waals surface area (Å²) in [5, 5.41) is 4.97. The van der Waals surface area contributed by atoms with Gasteiger partial charge in [-0.3, -0.25) is 4.79 Å². The number of carbonyl (C=O) groups excluding carboxylic acids is 1. The molecule has 4 nitrogen and oxygen atoms in total. The van der Waals surface area contributed by atoms with E-state index < -0.39 is 6.10 Å². The molecule has 2 aromatic rings. The molecule has 24 heavy (non-hydrogen) atoms. The van der Waals surface area contributed by atoms with Crippen LogP contribution in [0.5, 0.6) is 5.75 Å². The van der Waals surface area contributed by atoms with Crippen LogP contribution in [0.1, 0.15) is 25.0 Å². The Morgan fingerprint density at radius 2 is 1.96 bits per heavy atom. The van der Waals surface area contributed by atoms with Crippen molar-refractivity contribution in [3.8, 4) is 5.75 Å². The second-order valence-electron chi connectivity index (χ2n) is 5.38. The Morgan fingerprint density at radius 3 is 2.62 bits per heavy atom. The van der Waals surface area contributed by atoms with Crippen LogP contribution in [0.15, 0.2) is 47.6 Å². The summed E-state index contributed by atoms with van der Waals surface area (Å²) < 4.78 is 5.55. The molecule has 1 N–H and O–H groups in total. The van der Waals surface area contributed by atoms with E-state index in [2.05, 4.69) is 10.5 Å². The summed E-state index contributed by atoms with van der Waals surface area (Å²) in [5.41, 5.74) is 5.29. The lowest BCUT2D eigenvalue weighted by molar-refractivity contribution is -0.127. The molecule has 0 aromatic heterocycles. The minimum atomic E-state index is -0.752. The van der Waals surface area contributed by atoms with Crippen molar-refractivity contribution < 1.29 is 9.53 Å². The first-order valence-corrected chi connectivity index (χ1v) is 8.15. The second kappa shape index (κ2) is 8.18. The molecule has 0 saturated carbocycles. The summed E-state index contributed by atoms with van der Waals surface area (Å²) in [6, 6.07) is 12.7. The number of hydrogen-bond acceptors (Lipinski definition) is 3. The molecule has 6 heteroatoms. The van der Waals surface area contributed by atoms with Crippen molar-refractivity contribution in [2.75, 3.05) is 0 Å². The van der Waals surface area contributed by atoms with Crippen LogP contribution in [0.3, 0.4) is 0 Å². The summed E-state index contributed by atoms with van der Waals surface area (Å²) >= 11 is 11.9. The van der Waals surface area contributed by atoms with E-state index in [1.807, 2.05) is 38.1 Å². The fraction of sp³-hybridized carbons (Fsp3) is 0.222. The van der Waals surface area contributed by atoms with E-state index >= 15 is 0 Å². The molecule has 0 spiro atoms. The van der Waals surface area contributed by atoms with Crippen LogP contribution in [-0.4, -0.2) is 17.7 Å². The first kappa shape index (κ1) is 18.3. The third-order valence-corrected chi connectivity index (χ3v) is 3.87. The van der Waals surface area contributed by atoms with Gasteiger partial charge in [-0.15, -0.1) is 0 Å². The normalized spacial score (nSPS) is 12.6. The maximum Gasteiger partial charge on any atom is 0.280 e. The van der Waals surface area contributed by atoms with E-state index in [9.17, 15) is 4.79 Å². The first-order chi connectivity index (χ1) is 11.4. The standard InChI is InChI=1S/C18H18Cl2N2O2/c1-11-5-4-6-14(9-11)12(2)21-22-18(23)13(3)24-17-8-7-15(19)10-16(17)20/h4-10,13H,1-3H3,(H,22,23). The number of hydrogen-bond donors (Lipinski definition) is 1. The molecule has 0 aliphatic rings. The van der Waals surface area contributed by atoms with Crippen LogP contribution in [-0.2, 0) is 4.79 Å². The predicted molar refractivity (Wildman–Crippen MR) is 98.1 cm³/mol. The average Bonchev–Trinajstić information content (AvgIpc) is 2.54. The highest BCUT2D eigenvalue weighted by atomic mass is 35.5.